The van der Waals surface area contributed by atoms with Crippen LogP contribution in [0.5, 0.6) is 0 Å². The predicted octanol–water partition coefficient (Wildman–Crippen LogP) is 1.73. The van der Waals surface area contributed by atoms with E-state index in [1.54, 1.807) is 0 Å². The summed E-state index contributed by atoms with van der Waals surface area (Å²) >= 11 is 0. The van der Waals surface area contributed by atoms with Gasteiger partial charge in [-0.2, -0.15) is 0 Å². The molecule has 3 amide bonds. The molecule has 3 aliphatic rings. The number of halogens is 1. The van der Waals surface area contributed by atoms with Crippen molar-refractivity contribution < 1.29 is 28.3 Å². The number of anilines is 1. The van der Waals surface area contributed by atoms with Gasteiger partial charge in [0.1, 0.15) is 5.82 Å². The summed E-state index contributed by atoms with van der Waals surface area (Å²) in [6.45, 7) is -0.504. The van der Waals surface area contributed by atoms with Crippen molar-refractivity contribution in [3.63, 3.8) is 0 Å². The summed E-state index contributed by atoms with van der Waals surface area (Å²) in [4.78, 5) is 50.0. The second-order valence-electron chi connectivity index (χ2n) is 7.68. The molecular weight excluding hydrogens is 367 g/mol. The van der Waals surface area contributed by atoms with Gasteiger partial charge in [-0.25, -0.2) is 4.39 Å². The smallest absolute Gasteiger partial charge is 0.308 e. The van der Waals surface area contributed by atoms with E-state index in [0.29, 0.717) is 17.5 Å². The molecule has 2 aliphatic carbocycles. The maximum atomic E-state index is 12.8. The highest BCUT2D eigenvalue weighted by Gasteiger charge is 2.60. The Morgan fingerprint density at radius 2 is 1.68 bits per heavy atom. The Hall–Kier alpha value is -2.77. The third-order valence-electron chi connectivity index (χ3n) is 6.05. The minimum Gasteiger partial charge on any atom is -0.456 e. The molecule has 0 spiro atoms. The maximum absolute atomic E-state index is 12.8. The fraction of sp³-hybridized carbons (Fsp3) is 0.500. The molecule has 0 radical (unpaired) electrons. The summed E-state index contributed by atoms with van der Waals surface area (Å²) in [5.41, 5.74) is 0.386. The van der Waals surface area contributed by atoms with Crippen LogP contribution >= 0.6 is 0 Å². The van der Waals surface area contributed by atoms with Crippen LogP contribution in [0.25, 0.3) is 0 Å². The van der Waals surface area contributed by atoms with E-state index in [2.05, 4.69) is 5.32 Å². The molecule has 1 saturated heterocycles. The van der Waals surface area contributed by atoms with Crippen molar-refractivity contribution in [2.75, 3.05) is 18.5 Å². The molecule has 8 heteroatoms. The van der Waals surface area contributed by atoms with E-state index < -0.39 is 24.3 Å². The molecule has 7 nitrogen and oxygen atoms in total. The zero-order chi connectivity index (χ0) is 19.8. The lowest BCUT2D eigenvalue weighted by Crippen LogP contribution is -2.35. The van der Waals surface area contributed by atoms with Gasteiger partial charge in [0.25, 0.3) is 5.91 Å². The Bertz CT molecular complexity index is 796. The van der Waals surface area contributed by atoms with Crippen molar-refractivity contribution in [2.24, 2.45) is 23.7 Å². The van der Waals surface area contributed by atoms with Crippen LogP contribution in [-0.2, 0) is 23.9 Å². The van der Waals surface area contributed by atoms with Crippen LogP contribution in [0, 0.1) is 29.5 Å². The van der Waals surface area contributed by atoms with Crippen molar-refractivity contribution in [3.05, 3.63) is 30.1 Å². The van der Waals surface area contributed by atoms with Gasteiger partial charge in [0.2, 0.25) is 11.8 Å². The number of esters is 1. The van der Waals surface area contributed by atoms with Gasteiger partial charge in [-0.05, 0) is 55.4 Å². The average molecular weight is 388 g/mol. The van der Waals surface area contributed by atoms with E-state index in [9.17, 15) is 23.6 Å². The maximum Gasteiger partial charge on any atom is 0.308 e. The van der Waals surface area contributed by atoms with Gasteiger partial charge in [0.15, 0.2) is 6.61 Å². The molecule has 2 saturated carbocycles. The number of likely N-dealkylation sites (tertiary alicyclic amines) is 1. The third-order valence-corrected chi connectivity index (χ3v) is 6.05. The van der Waals surface area contributed by atoms with Crippen molar-refractivity contribution in [1.82, 2.24) is 4.90 Å². The fourth-order valence-corrected chi connectivity index (χ4v) is 4.84. The number of ether oxygens (including phenoxy) is 1. The first-order chi connectivity index (χ1) is 13.4. The van der Waals surface area contributed by atoms with E-state index in [-0.39, 0.29) is 36.6 Å². The zero-order valence-corrected chi connectivity index (χ0v) is 15.2. The molecule has 1 aromatic carbocycles. The largest absolute Gasteiger partial charge is 0.456 e. The Labute approximate surface area is 161 Å². The van der Waals surface area contributed by atoms with Gasteiger partial charge in [0, 0.05) is 12.2 Å². The van der Waals surface area contributed by atoms with E-state index in [1.165, 1.54) is 29.2 Å². The Kier molecular flexibility index (Phi) is 4.87. The van der Waals surface area contributed by atoms with Gasteiger partial charge >= 0.3 is 5.97 Å². The number of fused-ring (bicyclic) bond motifs is 5. The second kappa shape index (κ2) is 7.33. The summed E-state index contributed by atoms with van der Waals surface area (Å²) in [5, 5.41) is 2.48. The van der Waals surface area contributed by atoms with Crippen LogP contribution in [0.3, 0.4) is 0 Å². The van der Waals surface area contributed by atoms with Crippen LogP contribution in [0.4, 0.5) is 10.1 Å². The SMILES string of the molecule is O=C(COC(=O)CCN1C(=O)[C@H]2[C@@H]3CC[C@H](C3)[C@@H]2C1=O)Nc1ccc(F)cc1. The highest BCUT2D eigenvalue weighted by atomic mass is 19.1. The average Bonchev–Trinajstić information content (AvgIpc) is 3.35. The summed E-state index contributed by atoms with van der Waals surface area (Å²) in [7, 11) is 0. The lowest BCUT2D eigenvalue weighted by molar-refractivity contribution is -0.149. The molecule has 4 atom stereocenters. The van der Waals surface area contributed by atoms with Crippen LogP contribution in [-0.4, -0.2) is 41.7 Å². The quantitative estimate of drug-likeness (QED) is 0.592. The summed E-state index contributed by atoms with van der Waals surface area (Å²) in [6, 6.07) is 5.19. The first-order valence-electron chi connectivity index (χ1n) is 9.50. The topological polar surface area (TPSA) is 92.8 Å². The molecule has 1 aliphatic heterocycles. The molecule has 4 rings (SSSR count). The first-order valence-corrected chi connectivity index (χ1v) is 9.50. The molecule has 0 unspecified atom stereocenters. The Balaban J connectivity index is 1.22. The second-order valence-corrected chi connectivity index (χ2v) is 7.68. The van der Waals surface area contributed by atoms with Gasteiger partial charge in [0.05, 0.1) is 18.3 Å². The number of carbonyl (C=O) groups excluding carboxylic acids is 4. The van der Waals surface area contributed by atoms with Crippen molar-refractivity contribution >= 4 is 29.4 Å². The van der Waals surface area contributed by atoms with Crippen LogP contribution in [0.1, 0.15) is 25.7 Å². The van der Waals surface area contributed by atoms with E-state index >= 15 is 0 Å². The lowest BCUT2D eigenvalue weighted by atomic mass is 9.81. The lowest BCUT2D eigenvalue weighted by Gasteiger charge is -2.19. The van der Waals surface area contributed by atoms with Crippen LogP contribution in [0.15, 0.2) is 24.3 Å². The molecule has 28 heavy (non-hydrogen) atoms. The molecule has 1 N–H and O–H groups in total. The number of carbonyl (C=O) groups is 4. The van der Waals surface area contributed by atoms with E-state index in [4.69, 9.17) is 4.74 Å². The van der Waals surface area contributed by atoms with Crippen LogP contribution in [0.2, 0.25) is 0 Å². The number of amides is 3. The van der Waals surface area contributed by atoms with Crippen molar-refractivity contribution in [2.45, 2.75) is 25.7 Å². The standard InChI is InChI=1S/C20H21FN2O5/c21-13-3-5-14(6-4-13)22-15(24)10-28-16(25)7-8-23-19(26)17-11-1-2-12(9-11)18(17)20(23)27/h3-6,11-12,17-18H,1-2,7-10H2,(H,22,24)/t11-,12-,17+,18+/m1/s1. The molecule has 2 bridgehead atoms. The number of nitrogens with zero attached hydrogens (tertiary/aromatic N) is 1. The minimum atomic E-state index is -0.658. The van der Waals surface area contributed by atoms with Crippen molar-refractivity contribution in [3.8, 4) is 0 Å². The number of rotatable bonds is 6. The molecule has 3 fully saturated rings. The summed E-state index contributed by atoms with van der Waals surface area (Å²) < 4.78 is 17.7. The normalized spacial score (nSPS) is 27.8. The third kappa shape index (κ3) is 3.39. The highest BCUT2D eigenvalue weighted by molar-refractivity contribution is 6.06. The predicted molar refractivity (Wildman–Crippen MR) is 95.1 cm³/mol. The highest BCUT2D eigenvalue weighted by Crippen LogP contribution is 2.56. The molecular formula is C20H21FN2O5. The van der Waals surface area contributed by atoms with Gasteiger partial charge in [-0.15, -0.1) is 0 Å². The monoisotopic (exact) mass is 388 g/mol. The first kappa shape index (κ1) is 18.6. The number of hydrogen-bond acceptors (Lipinski definition) is 5. The summed E-state index contributed by atoms with van der Waals surface area (Å²) in [5.74, 6) is -1.76. The molecule has 1 aromatic rings. The van der Waals surface area contributed by atoms with Crippen molar-refractivity contribution in [1.29, 1.82) is 0 Å². The Morgan fingerprint density at radius 1 is 1.07 bits per heavy atom. The van der Waals surface area contributed by atoms with Crippen LogP contribution < -0.4 is 5.32 Å². The zero-order valence-electron chi connectivity index (χ0n) is 15.2. The van der Waals surface area contributed by atoms with Gasteiger partial charge < -0.3 is 10.1 Å². The molecule has 0 aromatic heterocycles. The van der Waals surface area contributed by atoms with Gasteiger partial charge in [-0.1, -0.05) is 0 Å². The van der Waals surface area contributed by atoms with E-state index in [0.717, 1.165) is 19.3 Å². The number of hydrogen-bond donors (Lipinski definition) is 1. The number of nitrogens with one attached hydrogen (secondary N) is 1. The summed E-state index contributed by atoms with van der Waals surface area (Å²) in [6.07, 6.45) is 2.83. The minimum absolute atomic E-state index is 0.0114. The Morgan fingerprint density at radius 3 is 2.29 bits per heavy atom. The van der Waals surface area contributed by atoms with E-state index in [1.807, 2.05) is 0 Å². The number of imide groups is 1. The molecule has 148 valence electrons. The van der Waals surface area contributed by atoms with Gasteiger partial charge in [-0.3, -0.25) is 24.1 Å². The number of benzene rings is 1. The molecule has 1 heterocycles. The fourth-order valence-electron chi connectivity index (χ4n) is 4.84.